The molecule has 1 unspecified atom stereocenters. The molecule has 0 aliphatic heterocycles. The van der Waals surface area contributed by atoms with Crippen molar-refractivity contribution in [3.8, 4) is 0 Å². The summed E-state index contributed by atoms with van der Waals surface area (Å²) in [6.45, 7) is 2.22. The molecule has 0 saturated heterocycles. The van der Waals surface area contributed by atoms with Crippen LogP contribution in [0.1, 0.15) is 55.8 Å². The molecule has 1 amide bonds. The van der Waals surface area contributed by atoms with Crippen molar-refractivity contribution < 1.29 is 4.79 Å². The van der Waals surface area contributed by atoms with Crippen molar-refractivity contribution in [1.29, 1.82) is 0 Å². The molecule has 1 N–H and O–H groups in total. The highest BCUT2D eigenvalue weighted by atomic mass is 16.1. The van der Waals surface area contributed by atoms with Crippen molar-refractivity contribution in [2.24, 2.45) is 30.2 Å². The lowest BCUT2D eigenvalue weighted by molar-refractivity contribution is -0.0688. The van der Waals surface area contributed by atoms with Gasteiger partial charge in [-0.3, -0.25) is 9.48 Å². The molecular weight excluding hydrogens is 262 g/mol. The van der Waals surface area contributed by atoms with Crippen LogP contribution in [-0.2, 0) is 7.05 Å². The first-order chi connectivity index (χ1) is 10.0. The molecule has 4 saturated carbocycles. The van der Waals surface area contributed by atoms with E-state index in [1.165, 1.54) is 38.5 Å². The smallest absolute Gasteiger partial charge is 0.254 e. The van der Waals surface area contributed by atoms with E-state index in [1.54, 1.807) is 17.1 Å². The van der Waals surface area contributed by atoms with E-state index < -0.39 is 0 Å². The summed E-state index contributed by atoms with van der Waals surface area (Å²) in [6.07, 6.45) is 11.8. The highest BCUT2D eigenvalue weighted by Gasteiger charge is 2.53. The Morgan fingerprint density at radius 2 is 1.86 bits per heavy atom. The van der Waals surface area contributed by atoms with Crippen LogP contribution < -0.4 is 5.32 Å². The largest absolute Gasteiger partial charge is 0.349 e. The molecule has 1 aromatic heterocycles. The lowest BCUT2D eigenvalue weighted by Gasteiger charge is -2.59. The zero-order valence-electron chi connectivity index (χ0n) is 13.0. The summed E-state index contributed by atoms with van der Waals surface area (Å²) in [5, 5.41) is 7.37. The van der Waals surface area contributed by atoms with E-state index in [9.17, 15) is 4.79 Å². The first-order valence-electron chi connectivity index (χ1n) is 8.33. The molecule has 1 heterocycles. The fourth-order valence-electron chi connectivity index (χ4n) is 5.68. The van der Waals surface area contributed by atoms with E-state index in [4.69, 9.17) is 0 Å². The number of rotatable bonds is 3. The second-order valence-corrected chi connectivity index (χ2v) is 7.88. The number of nitrogens with zero attached hydrogens (tertiary/aromatic N) is 2. The molecule has 4 aliphatic rings. The SMILES string of the molecule is CC(NC(=O)c1cnn(C)c1)C12CC3CC(CC(C3)C1)C2. The van der Waals surface area contributed by atoms with Crippen LogP contribution in [0.15, 0.2) is 12.4 Å². The fraction of sp³-hybridized carbons (Fsp3) is 0.765. The Balaban J connectivity index is 1.50. The Morgan fingerprint density at radius 1 is 1.29 bits per heavy atom. The van der Waals surface area contributed by atoms with Crippen LogP contribution in [0.4, 0.5) is 0 Å². The van der Waals surface area contributed by atoms with Crippen LogP contribution in [0, 0.1) is 23.2 Å². The summed E-state index contributed by atoms with van der Waals surface area (Å²) in [5.41, 5.74) is 1.04. The molecule has 4 aliphatic carbocycles. The van der Waals surface area contributed by atoms with Gasteiger partial charge in [-0.25, -0.2) is 0 Å². The predicted molar refractivity (Wildman–Crippen MR) is 80.7 cm³/mol. The first kappa shape index (κ1) is 13.4. The van der Waals surface area contributed by atoms with Crippen molar-refractivity contribution in [1.82, 2.24) is 15.1 Å². The monoisotopic (exact) mass is 287 g/mol. The Morgan fingerprint density at radius 3 is 2.33 bits per heavy atom. The molecule has 1 atom stereocenters. The zero-order chi connectivity index (χ0) is 14.6. The molecule has 114 valence electrons. The Bertz CT molecular complexity index is 527. The van der Waals surface area contributed by atoms with Gasteiger partial charge in [0.2, 0.25) is 0 Å². The van der Waals surface area contributed by atoms with Crippen LogP contribution in [0.3, 0.4) is 0 Å². The van der Waals surface area contributed by atoms with Crippen molar-refractivity contribution in [2.45, 2.75) is 51.5 Å². The average Bonchev–Trinajstić information content (AvgIpc) is 2.84. The highest BCUT2D eigenvalue weighted by molar-refractivity contribution is 5.93. The zero-order valence-corrected chi connectivity index (χ0v) is 13.0. The molecule has 0 aromatic carbocycles. The normalized spacial score (nSPS) is 38.5. The van der Waals surface area contributed by atoms with Crippen molar-refractivity contribution >= 4 is 5.91 Å². The van der Waals surface area contributed by atoms with Gasteiger partial charge >= 0.3 is 0 Å². The van der Waals surface area contributed by atoms with Crippen molar-refractivity contribution in [3.63, 3.8) is 0 Å². The molecule has 5 rings (SSSR count). The second kappa shape index (κ2) is 4.59. The maximum atomic E-state index is 12.4. The van der Waals surface area contributed by atoms with Gasteiger partial charge in [0.05, 0.1) is 11.8 Å². The topological polar surface area (TPSA) is 46.9 Å². The number of hydrogen-bond acceptors (Lipinski definition) is 2. The van der Waals surface area contributed by atoms with Gasteiger partial charge in [-0.1, -0.05) is 0 Å². The number of aryl methyl sites for hydroxylation is 1. The maximum absolute atomic E-state index is 12.4. The lowest BCUT2D eigenvalue weighted by atomic mass is 9.48. The van der Waals surface area contributed by atoms with Gasteiger partial charge in [-0.05, 0) is 68.6 Å². The van der Waals surface area contributed by atoms with Gasteiger partial charge in [0.15, 0.2) is 0 Å². The van der Waals surface area contributed by atoms with Gasteiger partial charge in [0.1, 0.15) is 0 Å². The standard InChI is InChI=1S/C17H25N3O/c1-11(19-16(21)15-9-18-20(2)10-15)17-6-12-3-13(7-17)5-14(4-12)8-17/h9-14H,3-8H2,1-2H3,(H,19,21). The van der Waals surface area contributed by atoms with Gasteiger partial charge in [0.25, 0.3) is 5.91 Å². The van der Waals surface area contributed by atoms with Crippen LogP contribution >= 0.6 is 0 Å². The van der Waals surface area contributed by atoms with E-state index in [0.717, 1.165) is 17.8 Å². The van der Waals surface area contributed by atoms with Gasteiger partial charge in [-0.2, -0.15) is 5.10 Å². The number of amides is 1. The molecule has 4 fully saturated rings. The summed E-state index contributed by atoms with van der Waals surface area (Å²) in [6, 6.07) is 0.276. The minimum atomic E-state index is 0.0337. The minimum absolute atomic E-state index is 0.0337. The molecule has 1 aromatic rings. The van der Waals surface area contributed by atoms with Crippen LogP contribution in [0.5, 0.6) is 0 Å². The minimum Gasteiger partial charge on any atom is -0.349 e. The average molecular weight is 287 g/mol. The van der Waals surface area contributed by atoms with E-state index in [0.29, 0.717) is 11.0 Å². The summed E-state index contributed by atoms with van der Waals surface area (Å²) in [5.74, 6) is 2.81. The van der Waals surface area contributed by atoms with E-state index in [-0.39, 0.29) is 11.9 Å². The molecular formula is C17H25N3O. The van der Waals surface area contributed by atoms with E-state index >= 15 is 0 Å². The third-order valence-corrected chi connectivity index (χ3v) is 6.32. The van der Waals surface area contributed by atoms with Gasteiger partial charge < -0.3 is 5.32 Å². The Labute approximate surface area is 126 Å². The molecule has 4 nitrogen and oxygen atoms in total. The van der Waals surface area contributed by atoms with Crippen LogP contribution in [0.2, 0.25) is 0 Å². The van der Waals surface area contributed by atoms with Crippen LogP contribution in [-0.4, -0.2) is 21.7 Å². The van der Waals surface area contributed by atoms with Crippen LogP contribution in [0.25, 0.3) is 0 Å². The molecule has 21 heavy (non-hydrogen) atoms. The summed E-state index contributed by atoms with van der Waals surface area (Å²) >= 11 is 0. The summed E-state index contributed by atoms with van der Waals surface area (Å²) in [7, 11) is 1.85. The summed E-state index contributed by atoms with van der Waals surface area (Å²) in [4.78, 5) is 12.4. The first-order valence-corrected chi connectivity index (χ1v) is 8.33. The molecule has 0 radical (unpaired) electrons. The number of aromatic nitrogens is 2. The highest BCUT2D eigenvalue weighted by Crippen LogP contribution is 2.61. The van der Waals surface area contributed by atoms with Gasteiger partial charge in [-0.15, -0.1) is 0 Å². The fourth-order valence-corrected chi connectivity index (χ4v) is 5.68. The number of hydrogen-bond donors (Lipinski definition) is 1. The van der Waals surface area contributed by atoms with Crippen molar-refractivity contribution in [3.05, 3.63) is 18.0 Å². The number of carbonyl (C=O) groups is 1. The second-order valence-electron chi connectivity index (χ2n) is 7.88. The van der Waals surface area contributed by atoms with E-state index in [2.05, 4.69) is 17.3 Å². The van der Waals surface area contributed by atoms with E-state index in [1.807, 2.05) is 7.05 Å². The molecule has 4 bridgehead atoms. The number of nitrogens with one attached hydrogen (secondary N) is 1. The molecule has 4 heteroatoms. The molecule has 0 spiro atoms. The quantitative estimate of drug-likeness (QED) is 0.929. The Kier molecular flexibility index (Phi) is 2.92. The number of carbonyl (C=O) groups excluding carboxylic acids is 1. The third-order valence-electron chi connectivity index (χ3n) is 6.32. The maximum Gasteiger partial charge on any atom is 0.254 e. The predicted octanol–water partition coefficient (Wildman–Crippen LogP) is 2.75. The lowest BCUT2D eigenvalue weighted by Crippen LogP contribution is -2.55. The Hall–Kier alpha value is -1.32. The third kappa shape index (κ3) is 2.19. The summed E-state index contributed by atoms with van der Waals surface area (Å²) < 4.78 is 1.68. The van der Waals surface area contributed by atoms with Crippen molar-refractivity contribution in [2.75, 3.05) is 0 Å². The van der Waals surface area contributed by atoms with Gasteiger partial charge in [0, 0.05) is 19.3 Å².